The smallest absolute Gasteiger partial charge is 0.409 e. The Kier molecular flexibility index (Phi) is 10.2. The lowest BCUT2D eigenvalue weighted by Crippen LogP contribution is -2.49. The first kappa shape index (κ1) is 26.8. The van der Waals surface area contributed by atoms with E-state index in [9.17, 15) is 14.4 Å². The number of halogens is 2. The highest BCUT2D eigenvalue weighted by Gasteiger charge is 2.22. The van der Waals surface area contributed by atoms with Crippen molar-refractivity contribution >= 4 is 53.2 Å². The predicted octanol–water partition coefficient (Wildman–Crippen LogP) is 3.99. The molecule has 0 bridgehead atoms. The highest BCUT2D eigenvalue weighted by atomic mass is 35.5. The van der Waals surface area contributed by atoms with Gasteiger partial charge in [-0.1, -0.05) is 23.2 Å². The number of carbonyl (C=O) groups is 3. The Labute approximate surface area is 215 Å². The Morgan fingerprint density at radius 3 is 1.77 bits per heavy atom. The van der Waals surface area contributed by atoms with E-state index in [1.165, 1.54) is 0 Å². The molecule has 0 spiro atoms. The predicted molar refractivity (Wildman–Crippen MR) is 140 cm³/mol. The van der Waals surface area contributed by atoms with Gasteiger partial charge in [-0.2, -0.15) is 0 Å². The van der Waals surface area contributed by atoms with E-state index in [2.05, 4.69) is 15.1 Å². The monoisotopic (exact) mass is 520 g/mol. The molecule has 188 valence electrons. The average molecular weight is 521 g/mol. The van der Waals surface area contributed by atoms with Crippen molar-refractivity contribution in [1.29, 1.82) is 0 Å². The number of benzene rings is 2. The molecule has 2 aliphatic rings. The third kappa shape index (κ3) is 7.34. The lowest BCUT2D eigenvalue weighted by Gasteiger charge is -2.35. The first-order valence-corrected chi connectivity index (χ1v) is 12.3. The van der Waals surface area contributed by atoms with E-state index in [4.69, 9.17) is 27.9 Å². The summed E-state index contributed by atoms with van der Waals surface area (Å²) in [5.74, 6) is 0. The first-order valence-electron chi connectivity index (χ1n) is 11.6. The molecule has 1 N–H and O–H groups in total. The molecule has 0 saturated carbocycles. The summed E-state index contributed by atoms with van der Waals surface area (Å²) in [6.45, 7) is 8.81. The molecule has 2 aromatic rings. The van der Waals surface area contributed by atoms with Crippen LogP contribution in [0.15, 0.2) is 36.4 Å². The van der Waals surface area contributed by atoms with Gasteiger partial charge in [-0.25, -0.2) is 4.79 Å². The molecule has 8 nitrogen and oxygen atoms in total. The van der Waals surface area contributed by atoms with Crippen LogP contribution in [0.3, 0.4) is 0 Å². The van der Waals surface area contributed by atoms with Crippen LogP contribution in [0, 0.1) is 0 Å². The Balaban J connectivity index is 0.000000203. The van der Waals surface area contributed by atoms with E-state index in [0.717, 1.165) is 63.2 Å². The number of aldehydes is 2. The normalized spacial score (nSPS) is 15.7. The summed E-state index contributed by atoms with van der Waals surface area (Å²) in [4.78, 5) is 39.0. The Morgan fingerprint density at radius 1 is 0.857 bits per heavy atom. The second kappa shape index (κ2) is 13.3. The van der Waals surface area contributed by atoms with Crippen LogP contribution >= 0.6 is 23.2 Å². The molecule has 2 fully saturated rings. The number of ether oxygens (including phenoxy) is 1. The summed E-state index contributed by atoms with van der Waals surface area (Å²) in [7, 11) is 0. The Bertz CT molecular complexity index is 1020. The molecule has 2 aromatic carbocycles. The van der Waals surface area contributed by atoms with Crippen LogP contribution in [0.5, 0.6) is 0 Å². The summed E-state index contributed by atoms with van der Waals surface area (Å²) < 4.78 is 4.98. The lowest BCUT2D eigenvalue weighted by molar-refractivity contribution is 0.105. The molecule has 1 amide bonds. The van der Waals surface area contributed by atoms with Crippen molar-refractivity contribution in [1.82, 2.24) is 10.2 Å². The topological polar surface area (TPSA) is 82.2 Å². The lowest BCUT2D eigenvalue weighted by atomic mass is 10.2. The zero-order valence-electron chi connectivity index (χ0n) is 19.7. The van der Waals surface area contributed by atoms with Gasteiger partial charge < -0.3 is 24.8 Å². The zero-order chi connectivity index (χ0) is 25.2. The van der Waals surface area contributed by atoms with Crippen LogP contribution in [0.25, 0.3) is 0 Å². The van der Waals surface area contributed by atoms with Crippen LogP contribution in [0.1, 0.15) is 27.6 Å². The maximum atomic E-state index is 11.6. The van der Waals surface area contributed by atoms with E-state index in [0.29, 0.717) is 40.9 Å². The molecule has 2 saturated heterocycles. The molecule has 2 aliphatic heterocycles. The highest BCUT2D eigenvalue weighted by molar-refractivity contribution is 6.33. The van der Waals surface area contributed by atoms with E-state index in [1.807, 2.05) is 18.2 Å². The SMILES string of the molecule is CCOC(=O)N1CCN(c2ccc(C=O)c(Cl)c2)CC1.O=Cc1ccc(N2CCNCC2)cc1Cl. The molecule has 2 heterocycles. The number of hydrogen-bond donors (Lipinski definition) is 1. The van der Waals surface area contributed by atoms with E-state index in [-0.39, 0.29) is 6.09 Å². The van der Waals surface area contributed by atoms with Crippen LogP contribution in [-0.4, -0.2) is 82.5 Å². The Hall–Kier alpha value is -2.81. The van der Waals surface area contributed by atoms with Gasteiger partial charge in [0, 0.05) is 74.9 Å². The minimum Gasteiger partial charge on any atom is -0.450 e. The molecule has 0 aliphatic carbocycles. The minimum absolute atomic E-state index is 0.263. The summed E-state index contributed by atoms with van der Waals surface area (Å²) in [5, 5.41) is 4.27. The molecule has 4 rings (SSSR count). The number of carbonyl (C=O) groups excluding carboxylic acids is 3. The Morgan fingerprint density at radius 2 is 1.34 bits per heavy atom. The second-order valence-electron chi connectivity index (χ2n) is 8.06. The number of piperazine rings is 2. The van der Waals surface area contributed by atoms with E-state index >= 15 is 0 Å². The van der Waals surface area contributed by atoms with Crippen molar-refractivity contribution in [3.63, 3.8) is 0 Å². The summed E-state index contributed by atoms with van der Waals surface area (Å²) >= 11 is 12.0. The first-order chi connectivity index (χ1) is 17.0. The van der Waals surface area contributed by atoms with Crippen LogP contribution in [0.2, 0.25) is 10.0 Å². The minimum atomic E-state index is -0.263. The van der Waals surface area contributed by atoms with Crippen LogP contribution in [-0.2, 0) is 4.74 Å². The van der Waals surface area contributed by atoms with Crippen molar-refractivity contribution in [2.45, 2.75) is 6.92 Å². The fraction of sp³-hybridized carbons (Fsp3) is 0.400. The van der Waals surface area contributed by atoms with Crippen molar-refractivity contribution < 1.29 is 19.1 Å². The van der Waals surface area contributed by atoms with Gasteiger partial charge in [0.1, 0.15) is 0 Å². The number of nitrogens with one attached hydrogen (secondary N) is 1. The fourth-order valence-electron chi connectivity index (χ4n) is 3.90. The van der Waals surface area contributed by atoms with Gasteiger partial charge in [-0.05, 0) is 43.3 Å². The molecule has 10 heteroatoms. The summed E-state index contributed by atoms with van der Waals surface area (Å²) in [5.41, 5.74) is 3.09. The largest absolute Gasteiger partial charge is 0.450 e. The van der Waals surface area contributed by atoms with Gasteiger partial charge in [0.15, 0.2) is 12.6 Å². The number of hydrogen-bond acceptors (Lipinski definition) is 7. The highest BCUT2D eigenvalue weighted by Crippen LogP contribution is 2.24. The van der Waals surface area contributed by atoms with Crippen LogP contribution < -0.4 is 15.1 Å². The summed E-state index contributed by atoms with van der Waals surface area (Å²) in [6, 6.07) is 10.9. The molecule has 0 atom stereocenters. The maximum Gasteiger partial charge on any atom is 0.409 e. The van der Waals surface area contributed by atoms with Gasteiger partial charge >= 0.3 is 6.09 Å². The maximum absolute atomic E-state index is 11.6. The third-order valence-corrected chi connectivity index (χ3v) is 6.53. The molecular weight excluding hydrogens is 491 g/mol. The molecule has 0 aromatic heterocycles. The van der Waals surface area contributed by atoms with Gasteiger partial charge in [-0.3, -0.25) is 9.59 Å². The third-order valence-electron chi connectivity index (χ3n) is 5.87. The molecule has 35 heavy (non-hydrogen) atoms. The molecular formula is C25H30Cl2N4O4. The quantitative estimate of drug-likeness (QED) is 0.596. The van der Waals surface area contributed by atoms with E-state index in [1.54, 1.807) is 30.0 Å². The van der Waals surface area contributed by atoms with Gasteiger partial charge in [0.25, 0.3) is 0 Å². The number of anilines is 2. The molecule has 0 radical (unpaired) electrons. The van der Waals surface area contributed by atoms with Crippen LogP contribution in [0.4, 0.5) is 16.2 Å². The number of nitrogens with zero attached hydrogens (tertiary/aromatic N) is 3. The number of rotatable bonds is 5. The standard InChI is InChI=1S/C14H17ClN2O3.C11H13ClN2O/c1-2-20-14(19)17-7-5-16(6-8-17)12-4-3-11(10-18)13(15)9-12;12-11-7-10(2-1-9(11)8-15)14-5-3-13-4-6-14/h3-4,9-10H,2,5-8H2,1H3;1-2,7-8,13H,3-6H2. The van der Waals surface area contributed by atoms with E-state index < -0.39 is 0 Å². The molecule has 0 unspecified atom stereocenters. The summed E-state index contributed by atoms with van der Waals surface area (Å²) in [6.07, 6.45) is 1.26. The van der Waals surface area contributed by atoms with Crippen molar-refractivity contribution in [2.24, 2.45) is 0 Å². The zero-order valence-corrected chi connectivity index (χ0v) is 21.2. The van der Waals surface area contributed by atoms with Crippen molar-refractivity contribution in [3.8, 4) is 0 Å². The van der Waals surface area contributed by atoms with Gasteiger partial charge in [-0.15, -0.1) is 0 Å². The average Bonchev–Trinajstić information content (AvgIpc) is 2.89. The van der Waals surface area contributed by atoms with Gasteiger partial charge in [0.05, 0.1) is 16.7 Å². The van der Waals surface area contributed by atoms with Gasteiger partial charge in [0.2, 0.25) is 0 Å². The fourth-order valence-corrected chi connectivity index (χ4v) is 4.34. The number of amides is 1. The van der Waals surface area contributed by atoms with Crippen molar-refractivity contribution in [2.75, 3.05) is 68.8 Å². The second-order valence-corrected chi connectivity index (χ2v) is 8.87. The van der Waals surface area contributed by atoms with Crippen molar-refractivity contribution in [3.05, 3.63) is 57.6 Å².